The first-order valence-corrected chi connectivity index (χ1v) is 7.99. The zero-order valence-corrected chi connectivity index (χ0v) is 15.0. The van der Waals surface area contributed by atoms with Gasteiger partial charge in [0.25, 0.3) is 0 Å². The molecule has 0 saturated carbocycles. The zero-order chi connectivity index (χ0) is 16.7. The van der Waals surface area contributed by atoms with E-state index in [9.17, 15) is 9.90 Å². The fourth-order valence-corrected chi connectivity index (χ4v) is 2.21. The van der Waals surface area contributed by atoms with Gasteiger partial charge < -0.3 is 19.3 Å². The maximum absolute atomic E-state index is 12.0. The van der Waals surface area contributed by atoms with Gasteiger partial charge in [0.1, 0.15) is 23.7 Å². The van der Waals surface area contributed by atoms with Crippen molar-refractivity contribution in [2.75, 3.05) is 46.1 Å². The van der Waals surface area contributed by atoms with Crippen LogP contribution in [0.4, 0.5) is 0 Å². The molecule has 136 valence electrons. The minimum absolute atomic E-state index is 0. The molecule has 7 heteroatoms. The summed E-state index contributed by atoms with van der Waals surface area (Å²) in [7, 11) is 0. The van der Waals surface area contributed by atoms with Crippen LogP contribution in [0, 0.1) is 5.92 Å². The van der Waals surface area contributed by atoms with Gasteiger partial charge in [-0.2, -0.15) is 0 Å². The molecule has 0 spiro atoms. The number of benzene rings is 1. The van der Waals surface area contributed by atoms with E-state index in [4.69, 9.17) is 14.2 Å². The topological polar surface area (TPSA) is 68.2 Å². The van der Waals surface area contributed by atoms with Gasteiger partial charge in [-0.25, -0.2) is 4.79 Å². The Labute approximate surface area is 149 Å². The van der Waals surface area contributed by atoms with Crippen molar-refractivity contribution in [3.63, 3.8) is 0 Å². The van der Waals surface area contributed by atoms with E-state index < -0.39 is 5.97 Å². The number of carbonyl (C=O) groups is 1. The highest BCUT2D eigenvalue weighted by Crippen LogP contribution is 2.24. The Morgan fingerprint density at radius 3 is 2.67 bits per heavy atom. The van der Waals surface area contributed by atoms with Gasteiger partial charge in [0.05, 0.1) is 19.8 Å². The number of morpholine rings is 1. The molecule has 0 bridgehead atoms. The van der Waals surface area contributed by atoms with Crippen LogP contribution in [0.15, 0.2) is 18.2 Å². The zero-order valence-electron chi connectivity index (χ0n) is 14.2. The summed E-state index contributed by atoms with van der Waals surface area (Å²) >= 11 is 0. The second kappa shape index (κ2) is 10.4. The molecule has 1 heterocycles. The van der Waals surface area contributed by atoms with Crippen LogP contribution >= 0.6 is 12.4 Å². The minimum Gasteiger partial charge on any atom is -0.507 e. The fourth-order valence-electron chi connectivity index (χ4n) is 2.21. The highest BCUT2D eigenvalue weighted by Gasteiger charge is 2.15. The number of carbonyl (C=O) groups excluding carboxylic acids is 1. The number of phenolic OH excluding ortho intramolecular Hbond substituents is 1. The lowest BCUT2D eigenvalue weighted by Crippen LogP contribution is -2.38. The standard InChI is InChI=1S/C17H25NO5.ClH/c1-13(2)12-23-14-3-4-15(16(19)11-14)17(20)22-10-7-18-5-8-21-9-6-18;/h3-4,11,13,19H,5-10,12H2,1-2H3;1H. The van der Waals surface area contributed by atoms with E-state index >= 15 is 0 Å². The first-order valence-electron chi connectivity index (χ1n) is 7.99. The second-order valence-electron chi connectivity index (χ2n) is 5.97. The number of aromatic hydroxyl groups is 1. The van der Waals surface area contributed by atoms with Crippen molar-refractivity contribution >= 4 is 18.4 Å². The summed E-state index contributed by atoms with van der Waals surface area (Å²) < 4.78 is 16.0. The molecule has 1 N–H and O–H groups in total. The molecule has 0 unspecified atom stereocenters. The summed E-state index contributed by atoms with van der Waals surface area (Å²) in [6.45, 7) is 8.74. The summed E-state index contributed by atoms with van der Waals surface area (Å²) in [6, 6.07) is 4.64. The molecule has 1 fully saturated rings. The van der Waals surface area contributed by atoms with Crippen LogP contribution in [0.1, 0.15) is 24.2 Å². The molecule has 0 aromatic heterocycles. The Kier molecular flexibility index (Phi) is 8.89. The Hall–Kier alpha value is -1.50. The molecule has 1 saturated heterocycles. The predicted molar refractivity (Wildman–Crippen MR) is 93.2 cm³/mol. The number of nitrogens with zero attached hydrogens (tertiary/aromatic N) is 1. The molecular formula is C17H26ClNO5. The van der Waals surface area contributed by atoms with Crippen LogP contribution in [0.25, 0.3) is 0 Å². The van der Waals surface area contributed by atoms with Crippen LogP contribution in [0.2, 0.25) is 0 Å². The average Bonchev–Trinajstić information content (AvgIpc) is 2.54. The highest BCUT2D eigenvalue weighted by molar-refractivity contribution is 5.92. The lowest BCUT2D eigenvalue weighted by molar-refractivity contribution is 0.0194. The molecule has 2 rings (SSSR count). The SMILES string of the molecule is CC(C)COc1ccc(C(=O)OCCN2CCOCC2)c(O)c1.Cl. The third-order valence-electron chi connectivity index (χ3n) is 3.52. The van der Waals surface area contributed by atoms with Crippen LogP contribution in [-0.4, -0.2) is 62.0 Å². The highest BCUT2D eigenvalue weighted by atomic mass is 35.5. The molecule has 24 heavy (non-hydrogen) atoms. The van der Waals surface area contributed by atoms with E-state index in [-0.39, 0.29) is 23.7 Å². The van der Waals surface area contributed by atoms with Crippen LogP contribution < -0.4 is 4.74 Å². The predicted octanol–water partition coefficient (Wildman–Crippen LogP) is 2.34. The molecule has 1 aromatic carbocycles. The van der Waals surface area contributed by atoms with Gasteiger partial charge in [-0.05, 0) is 18.1 Å². The lowest BCUT2D eigenvalue weighted by Gasteiger charge is -2.26. The first-order chi connectivity index (χ1) is 11.1. The molecular weight excluding hydrogens is 334 g/mol. The van der Waals surface area contributed by atoms with E-state index in [1.54, 1.807) is 6.07 Å². The second-order valence-corrected chi connectivity index (χ2v) is 5.97. The summed E-state index contributed by atoms with van der Waals surface area (Å²) in [5.41, 5.74) is 0.156. The third kappa shape index (κ3) is 6.55. The Bertz CT molecular complexity index is 518. The third-order valence-corrected chi connectivity index (χ3v) is 3.52. The van der Waals surface area contributed by atoms with E-state index in [1.165, 1.54) is 12.1 Å². The van der Waals surface area contributed by atoms with Gasteiger partial charge in [-0.1, -0.05) is 13.8 Å². The molecule has 6 nitrogen and oxygen atoms in total. The molecule has 1 aliphatic heterocycles. The van der Waals surface area contributed by atoms with Crippen molar-refractivity contribution in [3.05, 3.63) is 23.8 Å². The van der Waals surface area contributed by atoms with Crippen molar-refractivity contribution < 1.29 is 24.1 Å². The number of phenols is 1. The Morgan fingerprint density at radius 2 is 2.04 bits per heavy atom. The Morgan fingerprint density at radius 1 is 1.33 bits per heavy atom. The smallest absolute Gasteiger partial charge is 0.341 e. The largest absolute Gasteiger partial charge is 0.507 e. The quantitative estimate of drug-likeness (QED) is 0.754. The fraction of sp³-hybridized carbons (Fsp3) is 0.588. The number of esters is 1. The summed E-state index contributed by atoms with van der Waals surface area (Å²) in [4.78, 5) is 14.2. The van der Waals surface area contributed by atoms with Gasteiger partial charge in [-0.15, -0.1) is 12.4 Å². The number of halogens is 1. The van der Waals surface area contributed by atoms with Gasteiger partial charge in [0, 0.05) is 25.7 Å². The van der Waals surface area contributed by atoms with Crippen molar-refractivity contribution in [2.45, 2.75) is 13.8 Å². The molecule has 0 aliphatic carbocycles. The normalized spacial score (nSPS) is 15.0. The molecule has 0 atom stereocenters. The minimum atomic E-state index is -0.522. The van der Waals surface area contributed by atoms with E-state index in [0.717, 1.165) is 13.1 Å². The first kappa shape index (κ1) is 20.5. The maximum atomic E-state index is 12.0. The number of rotatable bonds is 7. The summed E-state index contributed by atoms with van der Waals surface area (Å²) in [5, 5.41) is 9.97. The van der Waals surface area contributed by atoms with E-state index in [0.29, 0.717) is 44.6 Å². The molecule has 0 radical (unpaired) electrons. The maximum Gasteiger partial charge on any atom is 0.341 e. The summed E-state index contributed by atoms with van der Waals surface area (Å²) in [6.07, 6.45) is 0. The van der Waals surface area contributed by atoms with Gasteiger partial charge in [0.2, 0.25) is 0 Å². The van der Waals surface area contributed by atoms with Crippen LogP contribution in [-0.2, 0) is 9.47 Å². The van der Waals surface area contributed by atoms with E-state index in [2.05, 4.69) is 4.90 Å². The number of ether oxygens (including phenoxy) is 3. The average molecular weight is 360 g/mol. The monoisotopic (exact) mass is 359 g/mol. The Balaban J connectivity index is 0.00000288. The van der Waals surface area contributed by atoms with E-state index in [1.807, 2.05) is 13.8 Å². The number of hydrogen-bond donors (Lipinski definition) is 1. The molecule has 1 aromatic rings. The van der Waals surface area contributed by atoms with Crippen molar-refractivity contribution in [2.24, 2.45) is 5.92 Å². The van der Waals surface area contributed by atoms with Gasteiger partial charge in [0.15, 0.2) is 0 Å². The van der Waals surface area contributed by atoms with Crippen molar-refractivity contribution in [1.82, 2.24) is 4.90 Å². The van der Waals surface area contributed by atoms with Crippen molar-refractivity contribution in [3.8, 4) is 11.5 Å². The molecule has 1 aliphatic rings. The van der Waals surface area contributed by atoms with Crippen LogP contribution in [0.5, 0.6) is 11.5 Å². The lowest BCUT2D eigenvalue weighted by atomic mass is 10.2. The molecule has 0 amide bonds. The number of hydrogen-bond acceptors (Lipinski definition) is 6. The van der Waals surface area contributed by atoms with Crippen LogP contribution in [0.3, 0.4) is 0 Å². The van der Waals surface area contributed by atoms with Gasteiger partial charge in [-0.3, -0.25) is 4.90 Å². The van der Waals surface area contributed by atoms with Gasteiger partial charge >= 0.3 is 5.97 Å². The van der Waals surface area contributed by atoms with Crippen molar-refractivity contribution in [1.29, 1.82) is 0 Å². The summed E-state index contributed by atoms with van der Waals surface area (Å²) in [5.74, 6) is 0.289.